The zero-order valence-electron chi connectivity index (χ0n) is 6.75. The van der Waals surface area contributed by atoms with Crippen molar-refractivity contribution in [2.24, 2.45) is 5.84 Å². The maximum Gasteiger partial charge on any atom is 0.337 e. The van der Waals surface area contributed by atoms with E-state index in [1.165, 1.54) is 12.1 Å². The summed E-state index contributed by atoms with van der Waals surface area (Å²) >= 11 is 11.4. The van der Waals surface area contributed by atoms with Crippen molar-refractivity contribution in [3.63, 3.8) is 0 Å². The van der Waals surface area contributed by atoms with Crippen molar-refractivity contribution >= 4 is 47.3 Å². The summed E-state index contributed by atoms with van der Waals surface area (Å²) < 4.78 is 0. The number of aromatic carboxylic acids is 1. The van der Waals surface area contributed by atoms with E-state index in [2.05, 4.69) is 5.43 Å². The molecule has 0 spiro atoms. The number of rotatable bonds is 2. The minimum absolute atomic E-state index is 0. The molecule has 0 aromatic heterocycles. The van der Waals surface area contributed by atoms with Crippen LogP contribution in [-0.4, -0.2) is 11.1 Å². The number of carbonyl (C=O) groups is 1. The van der Waals surface area contributed by atoms with Gasteiger partial charge in [-0.3, -0.25) is 5.84 Å². The molecule has 14 heavy (non-hydrogen) atoms. The van der Waals surface area contributed by atoms with E-state index < -0.39 is 5.97 Å². The maximum absolute atomic E-state index is 10.6. The summed E-state index contributed by atoms with van der Waals surface area (Å²) in [7, 11) is 0. The summed E-state index contributed by atoms with van der Waals surface area (Å²) in [5.74, 6) is 3.98. The summed E-state index contributed by atoms with van der Waals surface area (Å²) in [6, 6.07) is 2.77. The number of nitrogens with two attached hydrogens (primary N) is 1. The van der Waals surface area contributed by atoms with Crippen LogP contribution in [0, 0.1) is 0 Å². The quantitative estimate of drug-likeness (QED) is 0.562. The topological polar surface area (TPSA) is 75.3 Å². The lowest BCUT2D eigenvalue weighted by Gasteiger charge is -2.06. The van der Waals surface area contributed by atoms with Gasteiger partial charge in [0, 0.05) is 0 Å². The molecule has 1 aromatic rings. The van der Waals surface area contributed by atoms with E-state index in [4.69, 9.17) is 34.2 Å². The van der Waals surface area contributed by atoms with Crippen molar-refractivity contribution in [1.82, 2.24) is 0 Å². The molecule has 0 fully saturated rings. The number of hydrogen-bond donors (Lipinski definition) is 3. The molecule has 0 heterocycles. The average molecular weight is 258 g/mol. The molecule has 0 bridgehead atoms. The molecule has 7 heteroatoms. The van der Waals surface area contributed by atoms with Crippen molar-refractivity contribution in [3.05, 3.63) is 27.7 Å². The van der Waals surface area contributed by atoms with Gasteiger partial charge in [0.15, 0.2) is 0 Å². The second-order valence-corrected chi connectivity index (χ2v) is 2.99. The number of nitrogen functional groups attached to an aromatic ring is 1. The Hall–Kier alpha value is -0.680. The Morgan fingerprint density at radius 3 is 2.36 bits per heavy atom. The molecule has 0 radical (unpaired) electrons. The molecule has 4 nitrogen and oxygen atoms in total. The van der Waals surface area contributed by atoms with Crippen LogP contribution in [0.5, 0.6) is 0 Å². The van der Waals surface area contributed by atoms with Gasteiger partial charge in [-0.2, -0.15) is 0 Å². The van der Waals surface area contributed by atoms with Gasteiger partial charge in [-0.25, -0.2) is 4.79 Å². The first-order chi connectivity index (χ1) is 6.07. The van der Waals surface area contributed by atoms with Crippen LogP contribution in [-0.2, 0) is 0 Å². The highest BCUT2D eigenvalue weighted by Gasteiger charge is 2.13. The highest BCUT2D eigenvalue weighted by atomic mass is 35.5. The number of nitrogens with one attached hydrogen (secondary N) is 1. The number of benzene rings is 1. The fourth-order valence-corrected chi connectivity index (χ4v) is 1.29. The molecule has 1 aromatic carbocycles. The lowest BCUT2D eigenvalue weighted by atomic mass is 10.2. The van der Waals surface area contributed by atoms with E-state index in [0.29, 0.717) is 5.69 Å². The monoisotopic (exact) mass is 256 g/mol. The van der Waals surface area contributed by atoms with Crippen LogP contribution in [0.15, 0.2) is 12.1 Å². The lowest BCUT2D eigenvalue weighted by Crippen LogP contribution is -2.08. The van der Waals surface area contributed by atoms with Gasteiger partial charge in [0.25, 0.3) is 0 Å². The molecule has 0 aliphatic carbocycles. The fraction of sp³-hybridized carbons (Fsp3) is 0. The second kappa shape index (κ2) is 5.26. The summed E-state index contributed by atoms with van der Waals surface area (Å²) in [5.41, 5.74) is 2.63. The summed E-state index contributed by atoms with van der Waals surface area (Å²) in [6.07, 6.45) is 0. The van der Waals surface area contributed by atoms with Crippen LogP contribution in [0.4, 0.5) is 5.69 Å². The van der Waals surface area contributed by atoms with E-state index in [-0.39, 0.29) is 28.0 Å². The average Bonchev–Trinajstić information content (AvgIpc) is 2.09. The third-order valence-corrected chi connectivity index (χ3v) is 2.35. The predicted octanol–water partition coefficient (Wildman–Crippen LogP) is 2.40. The lowest BCUT2D eigenvalue weighted by molar-refractivity contribution is 0.0697. The number of carboxylic acid groups (broad SMARTS) is 1. The minimum Gasteiger partial charge on any atom is -0.478 e. The van der Waals surface area contributed by atoms with Crippen molar-refractivity contribution in [1.29, 1.82) is 0 Å². The first-order valence-corrected chi connectivity index (χ1v) is 4.01. The van der Waals surface area contributed by atoms with E-state index in [9.17, 15) is 4.79 Å². The van der Waals surface area contributed by atoms with E-state index in [0.717, 1.165) is 0 Å². The molecule has 1 rings (SSSR count). The molecule has 0 amide bonds. The van der Waals surface area contributed by atoms with Crippen LogP contribution in [0.2, 0.25) is 10.0 Å². The van der Waals surface area contributed by atoms with E-state index >= 15 is 0 Å². The van der Waals surface area contributed by atoms with E-state index in [1.54, 1.807) is 0 Å². The molecular formula is C7H7Cl3N2O2. The van der Waals surface area contributed by atoms with Crippen molar-refractivity contribution in [3.8, 4) is 0 Å². The number of anilines is 1. The van der Waals surface area contributed by atoms with Crippen LogP contribution in [0.25, 0.3) is 0 Å². The SMILES string of the molecule is Cl.NNc1ccc(C(=O)O)c(Cl)c1Cl. The summed E-state index contributed by atoms with van der Waals surface area (Å²) in [6.45, 7) is 0. The zero-order valence-corrected chi connectivity index (χ0v) is 9.08. The Balaban J connectivity index is 0.00000169. The van der Waals surface area contributed by atoms with Crippen LogP contribution in [0.3, 0.4) is 0 Å². The number of hydrogen-bond acceptors (Lipinski definition) is 3. The van der Waals surface area contributed by atoms with Crippen molar-refractivity contribution in [2.45, 2.75) is 0 Å². The first-order valence-electron chi connectivity index (χ1n) is 3.26. The third kappa shape index (κ3) is 2.42. The van der Waals surface area contributed by atoms with Gasteiger partial charge in [0.05, 0.1) is 21.3 Å². The smallest absolute Gasteiger partial charge is 0.337 e. The van der Waals surface area contributed by atoms with Gasteiger partial charge in [0.2, 0.25) is 0 Å². The largest absolute Gasteiger partial charge is 0.478 e. The summed E-state index contributed by atoms with van der Waals surface area (Å²) in [4.78, 5) is 10.6. The molecule has 0 saturated heterocycles. The standard InChI is InChI=1S/C7H6Cl2N2O2.ClH/c8-5-3(7(12)13)1-2-4(11-10)6(5)9;/h1-2,11H,10H2,(H,12,13);1H. The Morgan fingerprint density at radius 2 is 1.93 bits per heavy atom. The Bertz CT molecular complexity index is 357. The predicted molar refractivity (Wildman–Crippen MR) is 58.5 cm³/mol. The highest BCUT2D eigenvalue weighted by Crippen LogP contribution is 2.32. The normalized spacial score (nSPS) is 9.07. The third-order valence-electron chi connectivity index (χ3n) is 1.47. The van der Waals surface area contributed by atoms with Gasteiger partial charge < -0.3 is 10.5 Å². The molecule has 78 valence electrons. The number of halogens is 3. The molecule has 0 aliphatic heterocycles. The maximum atomic E-state index is 10.6. The van der Waals surface area contributed by atoms with Crippen molar-refractivity contribution in [2.75, 3.05) is 5.43 Å². The Labute approximate surface area is 96.4 Å². The van der Waals surface area contributed by atoms with Gasteiger partial charge in [0.1, 0.15) is 0 Å². The molecular weight excluding hydrogens is 250 g/mol. The molecule has 0 unspecified atom stereocenters. The Morgan fingerprint density at radius 1 is 1.36 bits per heavy atom. The highest BCUT2D eigenvalue weighted by molar-refractivity contribution is 6.45. The van der Waals surface area contributed by atoms with Crippen LogP contribution >= 0.6 is 35.6 Å². The molecule has 4 N–H and O–H groups in total. The minimum atomic E-state index is -1.13. The van der Waals surface area contributed by atoms with Gasteiger partial charge >= 0.3 is 5.97 Å². The summed E-state index contributed by atoms with van der Waals surface area (Å²) in [5, 5.41) is 8.74. The molecule has 0 atom stereocenters. The van der Waals surface area contributed by atoms with Crippen LogP contribution < -0.4 is 11.3 Å². The van der Waals surface area contributed by atoms with Gasteiger partial charge in [-0.1, -0.05) is 23.2 Å². The molecule has 0 saturated carbocycles. The van der Waals surface area contributed by atoms with Crippen molar-refractivity contribution < 1.29 is 9.90 Å². The molecule has 0 aliphatic rings. The first kappa shape index (κ1) is 13.3. The van der Waals surface area contributed by atoms with Gasteiger partial charge in [-0.15, -0.1) is 12.4 Å². The number of carboxylic acids is 1. The zero-order chi connectivity index (χ0) is 10.0. The second-order valence-electron chi connectivity index (χ2n) is 2.24. The van der Waals surface area contributed by atoms with Gasteiger partial charge in [-0.05, 0) is 12.1 Å². The Kier molecular flexibility index (Phi) is 5.01. The fourth-order valence-electron chi connectivity index (χ4n) is 0.826. The van der Waals surface area contributed by atoms with E-state index in [1.807, 2.05) is 0 Å². The number of hydrazine groups is 1. The van der Waals surface area contributed by atoms with Crippen LogP contribution in [0.1, 0.15) is 10.4 Å².